The zero-order valence-electron chi connectivity index (χ0n) is 11.9. The summed E-state index contributed by atoms with van der Waals surface area (Å²) in [7, 11) is 1.70. The number of benzene rings is 1. The molecule has 1 atom stereocenters. The Balaban J connectivity index is 2.18. The minimum Gasteiger partial charge on any atom is -0.496 e. The molecule has 2 nitrogen and oxygen atoms in total. The van der Waals surface area contributed by atoms with Gasteiger partial charge in [-0.3, -0.25) is 0 Å². The number of ether oxygens (including phenoxy) is 1. The molecule has 1 saturated carbocycles. The fourth-order valence-electron chi connectivity index (χ4n) is 3.43. The van der Waals surface area contributed by atoms with Crippen LogP contribution in [0.5, 0.6) is 5.75 Å². The molecule has 0 amide bonds. The first-order valence-corrected chi connectivity index (χ1v) is 7.57. The average molecular weight is 282 g/mol. The average Bonchev–Trinajstić information content (AvgIpc) is 2.89. The van der Waals surface area contributed by atoms with Crippen molar-refractivity contribution in [2.45, 2.75) is 51.5 Å². The SMILES string of the molecule is CCC1(C(N)Cc2cc(Cl)ccc2OC)CCCC1. The van der Waals surface area contributed by atoms with Crippen LogP contribution in [-0.4, -0.2) is 13.2 Å². The predicted molar refractivity (Wildman–Crippen MR) is 80.9 cm³/mol. The fourth-order valence-corrected chi connectivity index (χ4v) is 3.62. The standard InChI is InChI=1S/C16H24ClNO/c1-3-16(8-4-5-9-16)15(18)11-12-10-13(17)6-7-14(12)19-2/h6-7,10,15H,3-5,8-9,11,18H2,1-2H3. The molecule has 0 bridgehead atoms. The number of hydrogen-bond acceptors (Lipinski definition) is 2. The first-order valence-electron chi connectivity index (χ1n) is 7.19. The Bertz CT molecular complexity index is 427. The number of nitrogens with two attached hydrogens (primary N) is 1. The normalized spacial score (nSPS) is 19.4. The minimum absolute atomic E-state index is 0.187. The molecule has 0 spiro atoms. The maximum atomic E-state index is 6.53. The molecule has 0 radical (unpaired) electrons. The molecule has 1 aliphatic carbocycles. The molecule has 0 aliphatic heterocycles. The smallest absolute Gasteiger partial charge is 0.122 e. The lowest BCUT2D eigenvalue weighted by Crippen LogP contribution is -2.41. The maximum absolute atomic E-state index is 6.53. The van der Waals surface area contributed by atoms with Gasteiger partial charge in [-0.2, -0.15) is 0 Å². The van der Waals surface area contributed by atoms with Crippen molar-refractivity contribution >= 4 is 11.6 Å². The van der Waals surface area contributed by atoms with E-state index in [1.54, 1.807) is 7.11 Å². The van der Waals surface area contributed by atoms with E-state index in [1.165, 1.54) is 25.7 Å². The summed E-state index contributed by atoms with van der Waals surface area (Å²) in [6.45, 7) is 2.26. The van der Waals surface area contributed by atoms with Gasteiger partial charge in [0.25, 0.3) is 0 Å². The molecule has 1 aromatic carbocycles. The predicted octanol–water partition coefficient (Wildman–Crippen LogP) is 4.19. The Hall–Kier alpha value is -0.730. The first-order chi connectivity index (χ1) is 9.11. The first kappa shape index (κ1) is 14.7. The van der Waals surface area contributed by atoms with Crippen molar-refractivity contribution in [3.05, 3.63) is 28.8 Å². The third-order valence-electron chi connectivity index (χ3n) is 4.77. The molecular weight excluding hydrogens is 258 g/mol. The molecule has 1 unspecified atom stereocenters. The van der Waals surface area contributed by atoms with Crippen LogP contribution in [-0.2, 0) is 6.42 Å². The van der Waals surface area contributed by atoms with E-state index in [0.29, 0.717) is 5.41 Å². The van der Waals surface area contributed by atoms with E-state index < -0.39 is 0 Å². The van der Waals surface area contributed by atoms with Crippen LogP contribution >= 0.6 is 11.6 Å². The Morgan fingerprint density at radius 1 is 1.37 bits per heavy atom. The van der Waals surface area contributed by atoms with Gasteiger partial charge >= 0.3 is 0 Å². The summed E-state index contributed by atoms with van der Waals surface area (Å²) < 4.78 is 5.42. The highest BCUT2D eigenvalue weighted by Crippen LogP contribution is 2.44. The molecular formula is C16H24ClNO. The molecule has 0 saturated heterocycles. The summed E-state index contributed by atoms with van der Waals surface area (Å²) in [5, 5.41) is 0.750. The molecule has 19 heavy (non-hydrogen) atoms. The van der Waals surface area contributed by atoms with Crippen LogP contribution in [0.1, 0.15) is 44.6 Å². The Morgan fingerprint density at radius 3 is 2.63 bits per heavy atom. The summed E-state index contributed by atoms with van der Waals surface area (Å²) >= 11 is 6.09. The van der Waals surface area contributed by atoms with Gasteiger partial charge in [0.15, 0.2) is 0 Å². The van der Waals surface area contributed by atoms with E-state index in [9.17, 15) is 0 Å². The lowest BCUT2D eigenvalue weighted by Gasteiger charge is -2.34. The highest BCUT2D eigenvalue weighted by atomic mass is 35.5. The monoisotopic (exact) mass is 281 g/mol. The van der Waals surface area contributed by atoms with Crippen LogP contribution in [0.25, 0.3) is 0 Å². The molecule has 1 aliphatic rings. The fraction of sp³-hybridized carbons (Fsp3) is 0.625. The van der Waals surface area contributed by atoms with Crippen LogP contribution in [0.15, 0.2) is 18.2 Å². The maximum Gasteiger partial charge on any atom is 0.122 e. The van der Waals surface area contributed by atoms with Crippen molar-refractivity contribution in [1.29, 1.82) is 0 Å². The van der Waals surface area contributed by atoms with Crippen molar-refractivity contribution in [1.82, 2.24) is 0 Å². The molecule has 106 valence electrons. The molecule has 1 aromatic rings. The highest BCUT2D eigenvalue weighted by molar-refractivity contribution is 6.30. The molecule has 3 heteroatoms. The zero-order chi connectivity index (χ0) is 13.9. The zero-order valence-corrected chi connectivity index (χ0v) is 12.7. The Labute approximate surface area is 121 Å². The lowest BCUT2D eigenvalue weighted by molar-refractivity contribution is 0.217. The summed E-state index contributed by atoms with van der Waals surface area (Å²) in [5.74, 6) is 0.893. The van der Waals surface area contributed by atoms with Gasteiger partial charge in [0.05, 0.1) is 7.11 Å². The van der Waals surface area contributed by atoms with E-state index in [0.717, 1.165) is 29.2 Å². The Morgan fingerprint density at radius 2 is 2.05 bits per heavy atom. The summed E-state index contributed by atoms with van der Waals surface area (Å²) in [6, 6.07) is 5.96. The van der Waals surface area contributed by atoms with Crippen molar-refractivity contribution in [2.75, 3.05) is 7.11 Å². The topological polar surface area (TPSA) is 35.2 Å². The third-order valence-corrected chi connectivity index (χ3v) is 5.01. The van der Waals surface area contributed by atoms with Gasteiger partial charge in [0.2, 0.25) is 0 Å². The molecule has 0 aromatic heterocycles. The van der Waals surface area contributed by atoms with Crippen LogP contribution in [0.4, 0.5) is 0 Å². The van der Waals surface area contributed by atoms with Crippen LogP contribution in [0, 0.1) is 5.41 Å². The van der Waals surface area contributed by atoms with Crippen molar-refractivity contribution in [2.24, 2.45) is 11.1 Å². The summed E-state index contributed by atoms with van der Waals surface area (Å²) in [6.07, 6.45) is 7.15. The lowest BCUT2D eigenvalue weighted by atomic mass is 9.74. The van der Waals surface area contributed by atoms with E-state index in [-0.39, 0.29) is 6.04 Å². The number of halogens is 1. The Kier molecular flexibility index (Phi) is 4.75. The molecule has 2 N–H and O–H groups in total. The van der Waals surface area contributed by atoms with Gasteiger partial charge in [0.1, 0.15) is 5.75 Å². The highest BCUT2D eigenvalue weighted by Gasteiger charge is 2.37. The number of methoxy groups -OCH3 is 1. The van der Waals surface area contributed by atoms with E-state index in [1.807, 2.05) is 18.2 Å². The third kappa shape index (κ3) is 3.06. The quantitative estimate of drug-likeness (QED) is 0.878. The second-order valence-electron chi connectivity index (χ2n) is 5.69. The number of rotatable bonds is 5. The van der Waals surface area contributed by atoms with Gasteiger partial charge in [-0.05, 0) is 54.9 Å². The second-order valence-corrected chi connectivity index (χ2v) is 6.13. The van der Waals surface area contributed by atoms with Crippen molar-refractivity contribution < 1.29 is 4.74 Å². The van der Waals surface area contributed by atoms with E-state index >= 15 is 0 Å². The largest absolute Gasteiger partial charge is 0.496 e. The molecule has 2 rings (SSSR count). The van der Waals surface area contributed by atoms with E-state index in [2.05, 4.69) is 6.92 Å². The summed E-state index contributed by atoms with van der Waals surface area (Å²) in [5.41, 5.74) is 7.97. The molecule has 1 fully saturated rings. The van der Waals surface area contributed by atoms with Gasteiger partial charge in [-0.25, -0.2) is 0 Å². The van der Waals surface area contributed by atoms with Gasteiger partial charge in [-0.15, -0.1) is 0 Å². The molecule has 0 heterocycles. The van der Waals surface area contributed by atoms with Crippen LogP contribution in [0.3, 0.4) is 0 Å². The van der Waals surface area contributed by atoms with Crippen molar-refractivity contribution in [3.63, 3.8) is 0 Å². The van der Waals surface area contributed by atoms with Gasteiger partial charge in [0, 0.05) is 11.1 Å². The van der Waals surface area contributed by atoms with Crippen molar-refractivity contribution in [3.8, 4) is 5.75 Å². The van der Waals surface area contributed by atoms with Crippen LogP contribution < -0.4 is 10.5 Å². The second kappa shape index (κ2) is 6.15. The minimum atomic E-state index is 0.187. The van der Waals surface area contributed by atoms with Gasteiger partial charge in [-0.1, -0.05) is 31.4 Å². The van der Waals surface area contributed by atoms with Crippen LogP contribution in [0.2, 0.25) is 5.02 Å². The number of hydrogen-bond donors (Lipinski definition) is 1. The van der Waals surface area contributed by atoms with Gasteiger partial charge < -0.3 is 10.5 Å². The summed E-state index contributed by atoms with van der Waals surface area (Å²) in [4.78, 5) is 0. The van der Waals surface area contributed by atoms with E-state index in [4.69, 9.17) is 22.1 Å².